The van der Waals surface area contributed by atoms with Crippen molar-refractivity contribution in [3.05, 3.63) is 130 Å². The van der Waals surface area contributed by atoms with Gasteiger partial charge in [0.25, 0.3) is 0 Å². The molecule has 4 aromatic carbocycles. The molecule has 0 aromatic heterocycles. The fourth-order valence-electron chi connectivity index (χ4n) is 6.03. The van der Waals surface area contributed by atoms with E-state index in [1.165, 1.54) is 57.4 Å². The van der Waals surface area contributed by atoms with Crippen molar-refractivity contribution in [2.75, 3.05) is 11.5 Å². The SMILES string of the molecule is Nc1ccc(C2=Cc3ccccc3C2CCCCC2C(c3ccc(N)cc3)=Cc3ccccc32)cc1. The van der Waals surface area contributed by atoms with Gasteiger partial charge in [-0.05, 0) is 81.6 Å². The summed E-state index contributed by atoms with van der Waals surface area (Å²) in [6.07, 6.45) is 9.45. The van der Waals surface area contributed by atoms with Crippen LogP contribution in [0.2, 0.25) is 0 Å². The maximum absolute atomic E-state index is 5.97. The van der Waals surface area contributed by atoms with Crippen molar-refractivity contribution in [2.24, 2.45) is 0 Å². The van der Waals surface area contributed by atoms with Crippen LogP contribution in [0.5, 0.6) is 0 Å². The zero-order chi connectivity index (χ0) is 24.5. The average Bonchev–Trinajstić information content (AvgIpc) is 3.46. The van der Waals surface area contributed by atoms with E-state index >= 15 is 0 Å². The van der Waals surface area contributed by atoms with Gasteiger partial charge in [0.1, 0.15) is 0 Å². The fourth-order valence-corrected chi connectivity index (χ4v) is 6.03. The Kier molecular flexibility index (Phi) is 5.95. The Balaban J connectivity index is 1.18. The summed E-state index contributed by atoms with van der Waals surface area (Å²) < 4.78 is 0. The van der Waals surface area contributed by atoms with E-state index in [4.69, 9.17) is 11.5 Å². The van der Waals surface area contributed by atoms with Crippen molar-refractivity contribution in [1.82, 2.24) is 0 Å². The van der Waals surface area contributed by atoms with Crippen molar-refractivity contribution in [3.63, 3.8) is 0 Å². The first-order valence-corrected chi connectivity index (χ1v) is 13.0. The molecule has 2 nitrogen and oxygen atoms in total. The van der Waals surface area contributed by atoms with Crippen LogP contribution in [0.1, 0.15) is 70.9 Å². The summed E-state index contributed by atoms with van der Waals surface area (Å²) in [4.78, 5) is 0. The topological polar surface area (TPSA) is 52.0 Å². The number of unbranched alkanes of at least 4 members (excludes halogenated alkanes) is 1. The maximum Gasteiger partial charge on any atom is 0.0314 e. The van der Waals surface area contributed by atoms with Gasteiger partial charge >= 0.3 is 0 Å². The molecule has 4 N–H and O–H groups in total. The van der Waals surface area contributed by atoms with Gasteiger partial charge < -0.3 is 11.5 Å². The number of rotatable bonds is 7. The highest BCUT2D eigenvalue weighted by molar-refractivity contribution is 5.92. The third-order valence-corrected chi connectivity index (χ3v) is 7.84. The van der Waals surface area contributed by atoms with E-state index < -0.39 is 0 Å². The predicted octanol–water partition coefficient (Wildman–Crippen LogP) is 8.39. The first kappa shape index (κ1) is 22.4. The van der Waals surface area contributed by atoms with Crippen molar-refractivity contribution < 1.29 is 0 Å². The summed E-state index contributed by atoms with van der Waals surface area (Å²) in [7, 11) is 0. The molecule has 0 saturated carbocycles. The Morgan fingerprint density at radius 1 is 0.472 bits per heavy atom. The van der Waals surface area contributed by atoms with Gasteiger partial charge in [0.2, 0.25) is 0 Å². The van der Waals surface area contributed by atoms with Gasteiger partial charge in [0.15, 0.2) is 0 Å². The van der Waals surface area contributed by atoms with Gasteiger partial charge in [-0.1, -0.05) is 97.8 Å². The molecule has 2 aliphatic carbocycles. The largest absolute Gasteiger partial charge is 0.399 e. The number of nitrogens with two attached hydrogens (primary N) is 2. The van der Waals surface area contributed by atoms with E-state index in [1.54, 1.807) is 0 Å². The second kappa shape index (κ2) is 9.54. The Morgan fingerprint density at radius 2 is 0.861 bits per heavy atom. The third-order valence-electron chi connectivity index (χ3n) is 7.84. The molecule has 0 amide bonds. The molecule has 0 saturated heterocycles. The van der Waals surface area contributed by atoms with Crippen molar-refractivity contribution in [1.29, 1.82) is 0 Å². The van der Waals surface area contributed by atoms with Crippen LogP contribution in [-0.4, -0.2) is 0 Å². The van der Waals surface area contributed by atoms with E-state index in [2.05, 4.69) is 84.9 Å². The molecule has 0 aliphatic heterocycles. The van der Waals surface area contributed by atoms with Gasteiger partial charge in [-0.3, -0.25) is 0 Å². The third kappa shape index (κ3) is 4.24. The van der Waals surface area contributed by atoms with Crippen LogP contribution in [0.3, 0.4) is 0 Å². The highest BCUT2D eigenvalue weighted by Gasteiger charge is 2.28. The minimum atomic E-state index is 0.438. The highest BCUT2D eigenvalue weighted by atomic mass is 14.5. The van der Waals surface area contributed by atoms with Crippen LogP contribution in [0.25, 0.3) is 23.3 Å². The molecule has 2 atom stereocenters. The summed E-state index contributed by atoms with van der Waals surface area (Å²) in [6, 6.07) is 34.4. The first-order chi connectivity index (χ1) is 17.7. The molecule has 178 valence electrons. The summed E-state index contributed by atoms with van der Waals surface area (Å²) >= 11 is 0. The molecule has 2 aliphatic rings. The Labute approximate surface area is 214 Å². The lowest BCUT2D eigenvalue weighted by Crippen LogP contribution is -2.02. The minimum Gasteiger partial charge on any atom is -0.399 e. The smallest absolute Gasteiger partial charge is 0.0314 e. The van der Waals surface area contributed by atoms with E-state index in [0.717, 1.165) is 24.2 Å². The van der Waals surface area contributed by atoms with E-state index in [0.29, 0.717) is 11.8 Å². The Hall–Kier alpha value is -4.04. The van der Waals surface area contributed by atoms with Gasteiger partial charge in [0, 0.05) is 23.2 Å². The lowest BCUT2D eigenvalue weighted by molar-refractivity contribution is 0.601. The fraction of sp³-hybridized carbons (Fsp3) is 0.176. The Bertz CT molecular complexity index is 1330. The van der Waals surface area contributed by atoms with Crippen LogP contribution < -0.4 is 11.5 Å². The molecular weight excluding hydrogens is 436 g/mol. The molecule has 2 unspecified atom stereocenters. The number of benzene rings is 4. The average molecular weight is 469 g/mol. The summed E-state index contributed by atoms with van der Waals surface area (Å²) in [5.74, 6) is 0.876. The van der Waals surface area contributed by atoms with Gasteiger partial charge in [-0.2, -0.15) is 0 Å². The number of fused-ring (bicyclic) bond motifs is 2. The Morgan fingerprint density at radius 3 is 1.28 bits per heavy atom. The van der Waals surface area contributed by atoms with Crippen LogP contribution in [0.15, 0.2) is 97.1 Å². The van der Waals surface area contributed by atoms with Crippen molar-refractivity contribution >= 4 is 34.7 Å². The normalized spacial score (nSPS) is 17.9. The van der Waals surface area contributed by atoms with Crippen molar-refractivity contribution in [3.8, 4) is 0 Å². The number of allylic oxidation sites excluding steroid dienone is 2. The molecule has 0 heterocycles. The summed E-state index contributed by atoms with van der Waals surface area (Å²) in [6.45, 7) is 0. The predicted molar refractivity (Wildman–Crippen MR) is 154 cm³/mol. The standard InChI is InChI=1S/C34H32N2/c35-27-17-13-23(14-18-27)33-21-25-7-1-3-9-29(25)31(33)11-5-6-12-32-30-10-4-2-8-26(30)22-34(32)24-15-19-28(36)20-16-24/h1-4,7-10,13-22,31-32H,5-6,11-12,35-36H2. The second-order valence-electron chi connectivity index (χ2n) is 10.1. The monoisotopic (exact) mass is 468 g/mol. The van der Waals surface area contributed by atoms with Crippen LogP contribution >= 0.6 is 0 Å². The molecule has 2 heteroatoms. The van der Waals surface area contributed by atoms with E-state index in [-0.39, 0.29) is 0 Å². The van der Waals surface area contributed by atoms with Crippen LogP contribution in [0, 0.1) is 0 Å². The lowest BCUT2D eigenvalue weighted by atomic mass is 9.84. The van der Waals surface area contributed by atoms with Gasteiger partial charge in [-0.15, -0.1) is 0 Å². The van der Waals surface area contributed by atoms with Gasteiger partial charge in [0.05, 0.1) is 0 Å². The number of nitrogen functional groups attached to an aromatic ring is 2. The molecule has 6 rings (SSSR count). The molecule has 36 heavy (non-hydrogen) atoms. The van der Waals surface area contributed by atoms with Crippen LogP contribution in [0.4, 0.5) is 11.4 Å². The zero-order valence-electron chi connectivity index (χ0n) is 20.5. The summed E-state index contributed by atoms with van der Waals surface area (Å²) in [5.41, 5.74) is 24.6. The molecular formula is C34H32N2. The van der Waals surface area contributed by atoms with Crippen molar-refractivity contribution in [2.45, 2.75) is 37.5 Å². The molecule has 0 fully saturated rings. The van der Waals surface area contributed by atoms with E-state index in [9.17, 15) is 0 Å². The van der Waals surface area contributed by atoms with E-state index in [1.807, 2.05) is 24.3 Å². The van der Waals surface area contributed by atoms with Gasteiger partial charge in [-0.25, -0.2) is 0 Å². The molecule has 4 aromatic rings. The maximum atomic E-state index is 5.97. The minimum absolute atomic E-state index is 0.438. The highest BCUT2D eigenvalue weighted by Crippen LogP contribution is 2.47. The molecule has 0 radical (unpaired) electrons. The first-order valence-electron chi connectivity index (χ1n) is 13.0. The second-order valence-corrected chi connectivity index (χ2v) is 10.1. The molecule has 0 bridgehead atoms. The summed E-state index contributed by atoms with van der Waals surface area (Å²) in [5, 5.41) is 0. The lowest BCUT2D eigenvalue weighted by Gasteiger charge is -2.20. The number of hydrogen-bond donors (Lipinski definition) is 2. The zero-order valence-corrected chi connectivity index (χ0v) is 20.5. The quantitative estimate of drug-likeness (QED) is 0.211. The molecule has 0 spiro atoms. The number of hydrogen-bond acceptors (Lipinski definition) is 2. The van der Waals surface area contributed by atoms with Crippen LogP contribution in [-0.2, 0) is 0 Å². The number of anilines is 2.